The second-order valence-corrected chi connectivity index (χ2v) is 3.94. The van der Waals surface area contributed by atoms with Gasteiger partial charge in [-0.3, -0.25) is 4.79 Å². The van der Waals surface area contributed by atoms with Gasteiger partial charge in [-0.05, 0) is 25.3 Å². The van der Waals surface area contributed by atoms with Crippen molar-refractivity contribution in [2.24, 2.45) is 0 Å². The molecule has 0 fully saturated rings. The predicted octanol–water partition coefficient (Wildman–Crippen LogP) is 2.59. The summed E-state index contributed by atoms with van der Waals surface area (Å²) in [5.41, 5.74) is 1.97. The van der Waals surface area contributed by atoms with Crippen LogP contribution in [0.15, 0.2) is 24.3 Å². The summed E-state index contributed by atoms with van der Waals surface area (Å²) in [7, 11) is 1.63. The number of ether oxygens (including phenoxy) is 1. The monoisotopic (exact) mass is 222 g/mol. The summed E-state index contributed by atoms with van der Waals surface area (Å²) in [5, 5.41) is 9.18. The standard InChI is InChI=1S/C13H18O3/c1-10-5-3-6-11(9-10)12(13(14)15)7-4-8-16-2/h3,5-6,9,12H,4,7-8H2,1-2H3,(H,14,15). The lowest BCUT2D eigenvalue weighted by Gasteiger charge is -2.12. The van der Waals surface area contributed by atoms with E-state index in [1.807, 2.05) is 31.2 Å². The van der Waals surface area contributed by atoms with E-state index in [1.54, 1.807) is 7.11 Å². The Labute approximate surface area is 96.1 Å². The number of aliphatic carboxylic acids is 1. The molecule has 0 aliphatic carbocycles. The zero-order chi connectivity index (χ0) is 12.0. The number of carboxylic acids is 1. The van der Waals surface area contributed by atoms with E-state index in [2.05, 4.69) is 0 Å². The molecule has 1 aromatic carbocycles. The van der Waals surface area contributed by atoms with Gasteiger partial charge < -0.3 is 9.84 Å². The molecule has 0 saturated heterocycles. The summed E-state index contributed by atoms with van der Waals surface area (Å²) in [4.78, 5) is 11.2. The highest BCUT2D eigenvalue weighted by atomic mass is 16.5. The van der Waals surface area contributed by atoms with Gasteiger partial charge >= 0.3 is 5.97 Å². The van der Waals surface area contributed by atoms with Gasteiger partial charge in [0.05, 0.1) is 5.92 Å². The van der Waals surface area contributed by atoms with E-state index in [4.69, 9.17) is 4.74 Å². The van der Waals surface area contributed by atoms with E-state index in [0.717, 1.165) is 17.5 Å². The first-order chi connectivity index (χ1) is 7.65. The molecule has 0 heterocycles. The molecule has 16 heavy (non-hydrogen) atoms. The Morgan fingerprint density at radius 3 is 2.81 bits per heavy atom. The van der Waals surface area contributed by atoms with Gasteiger partial charge in [0, 0.05) is 13.7 Å². The van der Waals surface area contributed by atoms with E-state index in [1.165, 1.54) is 0 Å². The molecule has 0 bridgehead atoms. The highest BCUT2D eigenvalue weighted by Crippen LogP contribution is 2.22. The molecule has 0 aliphatic heterocycles. The fourth-order valence-electron chi connectivity index (χ4n) is 1.75. The number of benzene rings is 1. The van der Waals surface area contributed by atoms with Crippen molar-refractivity contribution in [2.75, 3.05) is 13.7 Å². The maximum absolute atomic E-state index is 11.2. The van der Waals surface area contributed by atoms with Crippen LogP contribution in [0.5, 0.6) is 0 Å². The second-order valence-electron chi connectivity index (χ2n) is 3.94. The van der Waals surface area contributed by atoms with Crippen molar-refractivity contribution in [1.29, 1.82) is 0 Å². The van der Waals surface area contributed by atoms with Crippen molar-refractivity contribution in [3.05, 3.63) is 35.4 Å². The van der Waals surface area contributed by atoms with Gasteiger partial charge in [0.25, 0.3) is 0 Å². The Balaban J connectivity index is 2.73. The molecule has 3 nitrogen and oxygen atoms in total. The van der Waals surface area contributed by atoms with Crippen LogP contribution in [-0.2, 0) is 9.53 Å². The van der Waals surface area contributed by atoms with Gasteiger partial charge in [-0.1, -0.05) is 29.8 Å². The number of aryl methyl sites for hydroxylation is 1. The van der Waals surface area contributed by atoms with Gasteiger partial charge in [-0.15, -0.1) is 0 Å². The number of rotatable bonds is 6. The Kier molecular flexibility index (Phi) is 4.99. The van der Waals surface area contributed by atoms with E-state index in [9.17, 15) is 9.90 Å². The van der Waals surface area contributed by atoms with Crippen LogP contribution in [0.2, 0.25) is 0 Å². The van der Waals surface area contributed by atoms with Crippen LogP contribution < -0.4 is 0 Å². The molecule has 0 radical (unpaired) electrons. The van der Waals surface area contributed by atoms with Crippen LogP contribution in [0.4, 0.5) is 0 Å². The van der Waals surface area contributed by atoms with Crippen molar-refractivity contribution in [1.82, 2.24) is 0 Å². The average molecular weight is 222 g/mol. The lowest BCUT2D eigenvalue weighted by molar-refractivity contribution is -0.139. The van der Waals surface area contributed by atoms with E-state index in [0.29, 0.717) is 13.0 Å². The van der Waals surface area contributed by atoms with E-state index >= 15 is 0 Å². The normalized spacial score (nSPS) is 12.4. The summed E-state index contributed by atoms with van der Waals surface area (Å²) in [5.74, 6) is -1.18. The van der Waals surface area contributed by atoms with Crippen LogP contribution in [0.1, 0.15) is 29.9 Å². The Hall–Kier alpha value is -1.35. The molecule has 1 rings (SSSR count). The number of hydrogen-bond acceptors (Lipinski definition) is 2. The van der Waals surface area contributed by atoms with Crippen molar-refractivity contribution < 1.29 is 14.6 Å². The molecule has 1 unspecified atom stereocenters. The van der Waals surface area contributed by atoms with Gasteiger partial charge in [0.1, 0.15) is 0 Å². The SMILES string of the molecule is COCCCC(C(=O)O)c1cccc(C)c1. The van der Waals surface area contributed by atoms with Crippen molar-refractivity contribution in [3.8, 4) is 0 Å². The number of carboxylic acid groups (broad SMARTS) is 1. The Morgan fingerprint density at radius 1 is 1.50 bits per heavy atom. The first-order valence-electron chi connectivity index (χ1n) is 5.43. The first kappa shape index (κ1) is 12.7. The second kappa shape index (κ2) is 6.28. The maximum atomic E-state index is 11.2. The fraction of sp³-hybridized carbons (Fsp3) is 0.462. The third-order valence-corrected chi connectivity index (χ3v) is 2.58. The highest BCUT2D eigenvalue weighted by Gasteiger charge is 2.19. The minimum absolute atomic E-state index is 0.421. The molecule has 0 amide bonds. The van der Waals surface area contributed by atoms with Gasteiger partial charge in [-0.25, -0.2) is 0 Å². The molecule has 3 heteroatoms. The molecule has 0 spiro atoms. The summed E-state index contributed by atoms with van der Waals surface area (Å²) >= 11 is 0. The minimum atomic E-state index is -0.762. The molecule has 0 aromatic heterocycles. The van der Waals surface area contributed by atoms with Gasteiger partial charge in [0.2, 0.25) is 0 Å². The third-order valence-electron chi connectivity index (χ3n) is 2.58. The molecular formula is C13H18O3. The molecule has 1 atom stereocenters. The topological polar surface area (TPSA) is 46.5 Å². The number of carbonyl (C=O) groups is 1. The number of methoxy groups -OCH3 is 1. The van der Waals surface area contributed by atoms with Crippen LogP contribution in [-0.4, -0.2) is 24.8 Å². The van der Waals surface area contributed by atoms with Crippen molar-refractivity contribution >= 4 is 5.97 Å². The van der Waals surface area contributed by atoms with Crippen LogP contribution in [0.25, 0.3) is 0 Å². The molecule has 1 aromatic rings. The van der Waals surface area contributed by atoms with E-state index < -0.39 is 11.9 Å². The zero-order valence-corrected chi connectivity index (χ0v) is 9.77. The predicted molar refractivity (Wildman–Crippen MR) is 62.7 cm³/mol. The Bertz CT molecular complexity index is 347. The lowest BCUT2D eigenvalue weighted by Crippen LogP contribution is -2.12. The molecule has 0 saturated carbocycles. The summed E-state index contributed by atoms with van der Waals surface area (Å²) in [6.07, 6.45) is 1.38. The lowest BCUT2D eigenvalue weighted by atomic mass is 9.93. The van der Waals surface area contributed by atoms with Crippen molar-refractivity contribution in [2.45, 2.75) is 25.7 Å². The zero-order valence-electron chi connectivity index (χ0n) is 9.77. The first-order valence-corrected chi connectivity index (χ1v) is 5.43. The van der Waals surface area contributed by atoms with Crippen LogP contribution in [0, 0.1) is 6.92 Å². The highest BCUT2D eigenvalue weighted by molar-refractivity contribution is 5.76. The van der Waals surface area contributed by atoms with Crippen molar-refractivity contribution in [3.63, 3.8) is 0 Å². The summed E-state index contributed by atoms with van der Waals surface area (Å²) in [6, 6.07) is 7.68. The largest absolute Gasteiger partial charge is 0.481 e. The third kappa shape index (κ3) is 3.66. The average Bonchev–Trinajstić information content (AvgIpc) is 2.24. The van der Waals surface area contributed by atoms with Crippen LogP contribution >= 0.6 is 0 Å². The Morgan fingerprint density at radius 2 is 2.25 bits per heavy atom. The number of hydrogen-bond donors (Lipinski definition) is 1. The van der Waals surface area contributed by atoms with Gasteiger partial charge in [-0.2, -0.15) is 0 Å². The van der Waals surface area contributed by atoms with Gasteiger partial charge in [0.15, 0.2) is 0 Å². The summed E-state index contributed by atoms with van der Waals surface area (Å²) < 4.78 is 4.94. The quantitative estimate of drug-likeness (QED) is 0.752. The molecule has 88 valence electrons. The molecule has 0 aliphatic rings. The fourth-order valence-corrected chi connectivity index (χ4v) is 1.75. The maximum Gasteiger partial charge on any atom is 0.310 e. The molecular weight excluding hydrogens is 204 g/mol. The summed E-state index contributed by atoms with van der Waals surface area (Å²) in [6.45, 7) is 2.58. The van der Waals surface area contributed by atoms with E-state index in [-0.39, 0.29) is 0 Å². The molecule has 1 N–H and O–H groups in total. The minimum Gasteiger partial charge on any atom is -0.481 e. The smallest absolute Gasteiger partial charge is 0.310 e. The van der Waals surface area contributed by atoms with Crippen LogP contribution in [0.3, 0.4) is 0 Å².